The smallest absolute Gasteiger partial charge is 0.306 e. The van der Waals surface area contributed by atoms with Crippen LogP contribution in [0.1, 0.15) is 271 Å². The number of carbonyl (C=O) groups is 1. The number of hydrogen-bond acceptors (Lipinski definition) is 7. The van der Waals surface area contributed by atoms with E-state index in [1.165, 1.54) is 193 Å². The Labute approximate surface area is 428 Å². The van der Waals surface area contributed by atoms with Gasteiger partial charge in [0.2, 0.25) is 0 Å². The minimum atomic E-state index is -4.54. The van der Waals surface area contributed by atoms with Gasteiger partial charge in [0.05, 0.1) is 34.4 Å². The number of quaternary nitrogens is 1. The van der Waals surface area contributed by atoms with Crippen LogP contribution >= 0.6 is 7.82 Å². The predicted octanol–water partition coefficient (Wildman–Crippen LogP) is 18.0. The van der Waals surface area contributed by atoms with E-state index < -0.39 is 13.9 Å². The molecule has 0 aromatic heterocycles. The Kier molecular flexibility index (Phi) is 51.6. The van der Waals surface area contributed by atoms with Crippen LogP contribution in [0.3, 0.4) is 0 Å². The summed E-state index contributed by atoms with van der Waals surface area (Å²) < 4.78 is 34.9. The van der Waals surface area contributed by atoms with Crippen LogP contribution in [0.4, 0.5) is 0 Å². The molecule has 0 aliphatic carbocycles. The van der Waals surface area contributed by atoms with Gasteiger partial charge >= 0.3 is 5.97 Å². The van der Waals surface area contributed by atoms with Gasteiger partial charge in [-0.05, 0) is 51.4 Å². The van der Waals surface area contributed by atoms with Crippen molar-refractivity contribution < 1.29 is 37.3 Å². The fraction of sp³-hybridized carbons (Fsp3) is 0.850. The topological polar surface area (TPSA) is 94.1 Å². The first-order valence-electron chi connectivity index (χ1n) is 29.4. The van der Waals surface area contributed by atoms with E-state index in [0.717, 1.165) is 57.8 Å². The molecule has 9 heteroatoms. The molecule has 0 rings (SSSR count). The van der Waals surface area contributed by atoms with Crippen LogP contribution in [0, 0.1) is 0 Å². The van der Waals surface area contributed by atoms with Gasteiger partial charge in [-0.3, -0.25) is 9.36 Å². The molecule has 0 radical (unpaired) electrons. The van der Waals surface area contributed by atoms with Gasteiger partial charge < -0.3 is 27.9 Å². The summed E-state index contributed by atoms with van der Waals surface area (Å²) >= 11 is 0. The van der Waals surface area contributed by atoms with Gasteiger partial charge in [-0.25, -0.2) is 0 Å². The second-order valence-corrected chi connectivity index (χ2v) is 22.4. The molecule has 0 aliphatic rings. The van der Waals surface area contributed by atoms with E-state index in [-0.39, 0.29) is 25.8 Å². The molecule has 406 valence electrons. The molecule has 0 heterocycles. The van der Waals surface area contributed by atoms with Gasteiger partial charge in [-0.2, -0.15) is 0 Å². The van der Waals surface area contributed by atoms with E-state index in [1.54, 1.807) is 0 Å². The SMILES string of the molecule is CC/C=C\C/C=C\C/C=C\C/C=C\CCCCCCCCCCCCC(=O)OC(COCCCCCCCCCCCCCCCCCCCCCCCCCC)COP(=O)([O-])OCC[N+](C)(C)C. The van der Waals surface area contributed by atoms with Gasteiger partial charge in [0.25, 0.3) is 7.82 Å². The first-order chi connectivity index (χ1) is 33.6. The highest BCUT2D eigenvalue weighted by Crippen LogP contribution is 2.38. The third-order valence-corrected chi connectivity index (χ3v) is 13.9. The number of nitrogens with zero attached hydrogens (tertiary/aromatic N) is 1. The van der Waals surface area contributed by atoms with E-state index in [0.29, 0.717) is 24.1 Å². The number of likely N-dealkylation sites (N-methyl/N-ethyl adjacent to an activating group) is 1. The lowest BCUT2D eigenvalue weighted by Gasteiger charge is -2.28. The summed E-state index contributed by atoms with van der Waals surface area (Å²) in [6, 6.07) is 0. The quantitative estimate of drug-likeness (QED) is 0.0197. The van der Waals surface area contributed by atoms with Crippen molar-refractivity contribution in [3.63, 3.8) is 0 Å². The molecule has 0 aromatic carbocycles. The number of phosphoric acid groups is 1. The molecule has 0 spiro atoms. The molecule has 0 aliphatic heterocycles. The van der Waals surface area contributed by atoms with E-state index >= 15 is 0 Å². The zero-order chi connectivity index (χ0) is 50.5. The van der Waals surface area contributed by atoms with Crippen molar-refractivity contribution in [1.29, 1.82) is 0 Å². The van der Waals surface area contributed by atoms with Gasteiger partial charge in [0.15, 0.2) is 0 Å². The molecule has 2 atom stereocenters. The Morgan fingerprint density at radius 3 is 1.26 bits per heavy atom. The summed E-state index contributed by atoms with van der Waals surface area (Å²) in [6.07, 6.45) is 67.3. The first-order valence-corrected chi connectivity index (χ1v) is 30.8. The minimum Gasteiger partial charge on any atom is -0.756 e. The summed E-state index contributed by atoms with van der Waals surface area (Å²) in [5, 5.41) is 0. The zero-order valence-corrected chi connectivity index (χ0v) is 47.2. The highest BCUT2D eigenvalue weighted by molar-refractivity contribution is 7.45. The maximum absolute atomic E-state index is 12.8. The number of esters is 1. The van der Waals surface area contributed by atoms with E-state index in [4.69, 9.17) is 18.5 Å². The third-order valence-electron chi connectivity index (χ3n) is 12.9. The fourth-order valence-electron chi connectivity index (χ4n) is 8.42. The molecule has 0 fully saturated rings. The average molecular weight is 993 g/mol. The Bertz CT molecular complexity index is 1240. The number of hydrogen-bond donors (Lipinski definition) is 0. The molecule has 0 saturated heterocycles. The van der Waals surface area contributed by atoms with E-state index in [2.05, 4.69) is 62.5 Å². The van der Waals surface area contributed by atoms with Crippen molar-refractivity contribution in [3.05, 3.63) is 48.6 Å². The first kappa shape index (κ1) is 67.5. The molecular formula is C60H114NO7P. The Hall–Kier alpha value is -1.54. The number of phosphoric ester groups is 1. The average Bonchev–Trinajstić information content (AvgIpc) is 3.31. The van der Waals surface area contributed by atoms with Crippen molar-refractivity contribution in [2.75, 3.05) is 54.1 Å². The van der Waals surface area contributed by atoms with Crippen LogP contribution in [-0.2, 0) is 27.9 Å². The zero-order valence-electron chi connectivity index (χ0n) is 46.3. The molecule has 0 bridgehead atoms. The second kappa shape index (κ2) is 52.8. The number of rotatable bonds is 55. The molecule has 69 heavy (non-hydrogen) atoms. The standard InChI is InChI=1S/C60H114NO7P/c1-6-8-10-12-14-16-18-20-22-24-26-28-30-32-34-36-38-40-42-44-46-48-50-52-55-65-57-59(58-67-69(63,64)66-56-54-61(3,4)5)68-60(62)53-51-49-47-45-43-41-39-37-35-33-31-29-27-25-23-21-19-17-15-13-11-9-7-2/h9,11,15,17,21,23,27,29,59H,6-8,10,12-14,16,18-20,22,24-26,28,30-58H2,1-5H3/b11-9-,17-15-,23-21-,29-27-. The van der Waals surface area contributed by atoms with Crippen LogP contribution in [0.5, 0.6) is 0 Å². The Balaban J connectivity index is 4.04. The second-order valence-electron chi connectivity index (χ2n) is 21.0. The normalized spacial score (nSPS) is 13.8. The Morgan fingerprint density at radius 2 is 0.841 bits per heavy atom. The molecule has 0 amide bonds. The number of unbranched alkanes of at least 4 members (excludes halogenated alkanes) is 33. The lowest BCUT2D eigenvalue weighted by atomic mass is 10.0. The highest BCUT2D eigenvalue weighted by Gasteiger charge is 2.20. The molecule has 0 N–H and O–H groups in total. The van der Waals surface area contributed by atoms with Crippen LogP contribution in [-0.4, -0.2) is 70.7 Å². The number of carbonyl (C=O) groups excluding carboxylic acids is 1. The number of allylic oxidation sites excluding steroid dienone is 8. The maximum Gasteiger partial charge on any atom is 0.306 e. The van der Waals surface area contributed by atoms with Gasteiger partial charge in [-0.1, -0.05) is 262 Å². The van der Waals surface area contributed by atoms with Crippen LogP contribution in [0.15, 0.2) is 48.6 Å². The Morgan fingerprint density at radius 1 is 0.464 bits per heavy atom. The van der Waals surface area contributed by atoms with E-state index in [1.807, 2.05) is 21.1 Å². The summed E-state index contributed by atoms with van der Waals surface area (Å²) in [7, 11) is 1.36. The molecule has 2 unspecified atom stereocenters. The number of ether oxygens (including phenoxy) is 2. The lowest BCUT2D eigenvalue weighted by molar-refractivity contribution is -0.870. The third kappa shape index (κ3) is 57.2. The monoisotopic (exact) mass is 992 g/mol. The molecular weight excluding hydrogens is 878 g/mol. The fourth-order valence-corrected chi connectivity index (χ4v) is 9.15. The summed E-state index contributed by atoms with van der Waals surface area (Å²) in [5.41, 5.74) is 0. The minimum absolute atomic E-state index is 0.0258. The van der Waals surface area contributed by atoms with Gasteiger partial charge in [0.1, 0.15) is 19.3 Å². The summed E-state index contributed by atoms with van der Waals surface area (Å²) in [4.78, 5) is 25.3. The van der Waals surface area contributed by atoms with Crippen LogP contribution in [0.25, 0.3) is 0 Å². The van der Waals surface area contributed by atoms with Crippen molar-refractivity contribution in [3.8, 4) is 0 Å². The predicted molar refractivity (Wildman–Crippen MR) is 296 cm³/mol. The van der Waals surface area contributed by atoms with Crippen LogP contribution in [0.2, 0.25) is 0 Å². The highest BCUT2D eigenvalue weighted by atomic mass is 31.2. The van der Waals surface area contributed by atoms with Crippen molar-refractivity contribution in [2.45, 2.75) is 277 Å². The van der Waals surface area contributed by atoms with Crippen molar-refractivity contribution in [1.82, 2.24) is 0 Å². The van der Waals surface area contributed by atoms with Crippen molar-refractivity contribution >= 4 is 13.8 Å². The van der Waals surface area contributed by atoms with E-state index in [9.17, 15) is 14.3 Å². The van der Waals surface area contributed by atoms with Gasteiger partial charge in [0, 0.05) is 13.0 Å². The molecule has 0 saturated carbocycles. The van der Waals surface area contributed by atoms with Crippen molar-refractivity contribution in [2.24, 2.45) is 0 Å². The lowest BCUT2D eigenvalue weighted by Crippen LogP contribution is -2.37. The molecule has 8 nitrogen and oxygen atoms in total. The summed E-state index contributed by atoms with van der Waals surface area (Å²) in [6.45, 7) is 5.35. The van der Waals surface area contributed by atoms with Crippen LogP contribution < -0.4 is 4.89 Å². The maximum atomic E-state index is 12.8. The largest absolute Gasteiger partial charge is 0.756 e. The summed E-state index contributed by atoms with van der Waals surface area (Å²) in [5.74, 6) is -0.334. The molecule has 0 aromatic rings. The van der Waals surface area contributed by atoms with Gasteiger partial charge in [-0.15, -0.1) is 0 Å².